The van der Waals surface area contributed by atoms with Gasteiger partial charge in [-0.2, -0.15) is 5.10 Å². The number of aromatic nitrogens is 2. The smallest absolute Gasteiger partial charge is 0.214 e. The summed E-state index contributed by atoms with van der Waals surface area (Å²) in [5, 5.41) is 4.26. The number of ether oxygens (including phenoxy) is 1. The molecule has 2 heterocycles. The molecule has 0 amide bonds. The second kappa shape index (κ2) is 7.25. The predicted octanol–water partition coefficient (Wildman–Crippen LogP) is 1.86. The minimum absolute atomic E-state index is 0.0276. The van der Waals surface area contributed by atoms with E-state index in [-0.39, 0.29) is 18.4 Å². The summed E-state index contributed by atoms with van der Waals surface area (Å²) in [6.07, 6.45) is 6.18. The second-order valence-electron chi connectivity index (χ2n) is 5.72. The Hall–Kier alpha value is -1.70. The van der Waals surface area contributed by atoms with Crippen molar-refractivity contribution < 1.29 is 13.2 Å². The Morgan fingerprint density at radius 3 is 2.83 bits per heavy atom. The Morgan fingerprint density at radius 2 is 2.09 bits per heavy atom. The van der Waals surface area contributed by atoms with Crippen LogP contribution in [0.5, 0.6) is 0 Å². The molecule has 6 nitrogen and oxygen atoms in total. The summed E-state index contributed by atoms with van der Waals surface area (Å²) in [6, 6.07) is 9.70. The summed E-state index contributed by atoms with van der Waals surface area (Å²) < 4.78 is 34.1. The molecule has 0 bridgehead atoms. The molecule has 0 aliphatic carbocycles. The molecular weight excluding hydrogens is 314 g/mol. The van der Waals surface area contributed by atoms with Crippen molar-refractivity contribution in [3.05, 3.63) is 48.3 Å². The van der Waals surface area contributed by atoms with Gasteiger partial charge in [-0.1, -0.05) is 18.2 Å². The van der Waals surface area contributed by atoms with Crippen molar-refractivity contribution in [2.45, 2.75) is 31.9 Å². The van der Waals surface area contributed by atoms with E-state index in [1.165, 1.54) is 0 Å². The Labute approximate surface area is 136 Å². The van der Waals surface area contributed by atoms with E-state index in [0.29, 0.717) is 6.61 Å². The molecule has 1 N–H and O–H groups in total. The number of nitrogens with one attached hydrogen (secondary N) is 1. The van der Waals surface area contributed by atoms with Crippen molar-refractivity contribution in [1.82, 2.24) is 14.5 Å². The van der Waals surface area contributed by atoms with Crippen molar-refractivity contribution in [2.24, 2.45) is 0 Å². The van der Waals surface area contributed by atoms with Gasteiger partial charge in [0.2, 0.25) is 10.0 Å². The van der Waals surface area contributed by atoms with E-state index in [1.807, 2.05) is 36.5 Å². The van der Waals surface area contributed by atoms with Gasteiger partial charge < -0.3 is 4.74 Å². The number of para-hydroxylation sites is 1. The lowest BCUT2D eigenvalue weighted by molar-refractivity contribution is 0.0304. The van der Waals surface area contributed by atoms with Gasteiger partial charge in [-0.25, -0.2) is 17.8 Å². The van der Waals surface area contributed by atoms with Gasteiger partial charge in [-0.15, -0.1) is 0 Å². The maximum Gasteiger partial charge on any atom is 0.214 e. The van der Waals surface area contributed by atoms with Crippen LogP contribution in [0.15, 0.2) is 42.7 Å². The monoisotopic (exact) mass is 335 g/mol. The van der Waals surface area contributed by atoms with Crippen LogP contribution in [-0.4, -0.2) is 36.7 Å². The van der Waals surface area contributed by atoms with Crippen LogP contribution in [0.4, 0.5) is 0 Å². The van der Waals surface area contributed by atoms with Crippen molar-refractivity contribution in [3.63, 3.8) is 0 Å². The zero-order valence-corrected chi connectivity index (χ0v) is 13.7. The maximum absolute atomic E-state index is 12.1. The minimum Gasteiger partial charge on any atom is -0.377 e. The van der Waals surface area contributed by atoms with Crippen LogP contribution in [0.3, 0.4) is 0 Å². The molecule has 7 heteroatoms. The Morgan fingerprint density at radius 1 is 1.26 bits per heavy atom. The fourth-order valence-corrected chi connectivity index (χ4v) is 3.87. The van der Waals surface area contributed by atoms with Crippen molar-refractivity contribution in [1.29, 1.82) is 0 Å². The molecule has 1 fully saturated rings. The van der Waals surface area contributed by atoms with Crippen LogP contribution < -0.4 is 4.72 Å². The molecule has 124 valence electrons. The minimum atomic E-state index is -3.35. The lowest BCUT2D eigenvalue weighted by atomic mass is 10.1. The molecule has 1 aromatic carbocycles. The third-order valence-electron chi connectivity index (χ3n) is 3.83. The maximum atomic E-state index is 12.1. The first kappa shape index (κ1) is 16.2. The van der Waals surface area contributed by atoms with Gasteiger partial charge in [0, 0.05) is 24.9 Å². The number of sulfonamides is 1. The van der Waals surface area contributed by atoms with E-state index in [2.05, 4.69) is 9.82 Å². The fraction of sp³-hybridized carbons (Fsp3) is 0.438. The summed E-state index contributed by atoms with van der Waals surface area (Å²) in [5.74, 6) is 0.0276. The van der Waals surface area contributed by atoms with Crippen LogP contribution in [0.2, 0.25) is 0 Å². The number of rotatable bonds is 6. The van der Waals surface area contributed by atoms with E-state index in [9.17, 15) is 8.42 Å². The summed E-state index contributed by atoms with van der Waals surface area (Å²) in [6.45, 7) is 0.895. The first-order valence-corrected chi connectivity index (χ1v) is 9.45. The lowest BCUT2D eigenvalue weighted by Crippen LogP contribution is -2.34. The highest BCUT2D eigenvalue weighted by molar-refractivity contribution is 7.89. The van der Waals surface area contributed by atoms with Gasteiger partial charge >= 0.3 is 0 Å². The van der Waals surface area contributed by atoms with Crippen LogP contribution in [0.25, 0.3) is 5.69 Å². The topological polar surface area (TPSA) is 73.2 Å². The third-order valence-corrected chi connectivity index (χ3v) is 5.23. The van der Waals surface area contributed by atoms with Crippen LogP contribution in [0, 0.1) is 0 Å². The molecule has 0 spiro atoms. The highest BCUT2D eigenvalue weighted by atomic mass is 32.2. The van der Waals surface area contributed by atoms with Gasteiger partial charge in [-0.05, 0) is 31.4 Å². The molecular formula is C16H21N3O3S. The van der Waals surface area contributed by atoms with Crippen molar-refractivity contribution >= 4 is 10.0 Å². The molecule has 1 saturated heterocycles. The summed E-state index contributed by atoms with van der Waals surface area (Å²) >= 11 is 0. The van der Waals surface area contributed by atoms with Crippen LogP contribution >= 0.6 is 0 Å². The van der Waals surface area contributed by atoms with Gasteiger partial charge in [-0.3, -0.25) is 0 Å². The predicted molar refractivity (Wildman–Crippen MR) is 87.8 cm³/mol. The number of nitrogens with zero attached hydrogens (tertiary/aromatic N) is 2. The van der Waals surface area contributed by atoms with Crippen molar-refractivity contribution in [2.75, 3.05) is 12.4 Å². The normalized spacial score (nSPS) is 18.9. The second-order valence-corrected chi connectivity index (χ2v) is 7.57. The molecule has 0 radical (unpaired) electrons. The lowest BCUT2D eigenvalue weighted by Gasteiger charge is -2.22. The zero-order chi connectivity index (χ0) is 16.1. The number of hydrogen-bond donors (Lipinski definition) is 1. The Kier molecular flexibility index (Phi) is 5.09. The van der Waals surface area contributed by atoms with E-state index in [1.54, 1.807) is 10.9 Å². The largest absolute Gasteiger partial charge is 0.377 e. The van der Waals surface area contributed by atoms with Crippen LogP contribution in [0.1, 0.15) is 24.8 Å². The van der Waals surface area contributed by atoms with Gasteiger partial charge in [0.15, 0.2) is 0 Å². The SMILES string of the molecule is O=S(=O)(C[C@@H]1CCCCO1)NCc1cnn(-c2ccccc2)c1. The average Bonchev–Trinajstić information content (AvgIpc) is 3.04. The first-order valence-electron chi connectivity index (χ1n) is 7.80. The third kappa shape index (κ3) is 4.63. The molecule has 1 atom stereocenters. The summed E-state index contributed by atoms with van der Waals surface area (Å²) in [7, 11) is -3.35. The summed E-state index contributed by atoms with van der Waals surface area (Å²) in [4.78, 5) is 0. The molecule has 0 saturated carbocycles. The Bertz CT molecular complexity index is 722. The molecule has 0 unspecified atom stereocenters. The van der Waals surface area contributed by atoms with E-state index in [4.69, 9.17) is 4.74 Å². The van der Waals surface area contributed by atoms with E-state index >= 15 is 0 Å². The highest BCUT2D eigenvalue weighted by Crippen LogP contribution is 2.14. The fourth-order valence-electron chi connectivity index (χ4n) is 2.61. The van der Waals surface area contributed by atoms with Gasteiger partial charge in [0.05, 0.1) is 23.7 Å². The quantitative estimate of drug-likeness (QED) is 0.874. The average molecular weight is 335 g/mol. The van der Waals surface area contributed by atoms with Crippen LogP contribution in [-0.2, 0) is 21.3 Å². The highest BCUT2D eigenvalue weighted by Gasteiger charge is 2.21. The van der Waals surface area contributed by atoms with E-state index < -0.39 is 10.0 Å². The molecule has 3 rings (SSSR count). The Balaban J connectivity index is 1.56. The molecule has 1 aromatic heterocycles. The number of benzene rings is 1. The van der Waals surface area contributed by atoms with Gasteiger partial charge in [0.1, 0.15) is 0 Å². The molecule has 1 aliphatic heterocycles. The standard InChI is InChI=1S/C16H21N3O3S/c20-23(21,13-16-8-4-5-9-22-16)18-11-14-10-17-19(12-14)15-6-2-1-3-7-15/h1-3,6-7,10,12,16,18H,4-5,8-9,11,13H2/t16-/m0/s1. The van der Waals surface area contributed by atoms with Gasteiger partial charge in [0.25, 0.3) is 0 Å². The molecule has 23 heavy (non-hydrogen) atoms. The van der Waals surface area contributed by atoms with Crippen molar-refractivity contribution in [3.8, 4) is 5.69 Å². The molecule has 1 aliphatic rings. The first-order chi connectivity index (χ1) is 11.1. The van der Waals surface area contributed by atoms with E-state index in [0.717, 1.165) is 30.5 Å². The zero-order valence-electron chi connectivity index (χ0n) is 12.9. The number of hydrogen-bond acceptors (Lipinski definition) is 4. The molecule has 2 aromatic rings. The summed E-state index contributed by atoms with van der Waals surface area (Å²) in [5.41, 5.74) is 1.76.